The van der Waals surface area contributed by atoms with Crippen LogP contribution >= 0.6 is 0 Å². The standard InChI is InChI=1S/C13H10N4O5/c1-2-21-13(18)22-12-14-6-10-11(16-12)8-5-7(17(19)20)3-4-9(8)15-10/h3-6,15H,2H2,1H3. The molecule has 112 valence electrons. The molecule has 0 aliphatic rings. The Balaban J connectivity index is 2.09. The first-order chi connectivity index (χ1) is 10.6. The molecule has 0 aliphatic heterocycles. The summed E-state index contributed by atoms with van der Waals surface area (Å²) in [7, 11) is 0. The molecular formula is C13H10N4O5. The molecular weight excluding hydrogens is 292 g/mol. The number of H-pyrrole nitrogens is 1. The van der Waals surface area contributed by atoms with Crippen LogP contribution in [0.1, 0.15) is 6.92 Å². The number of rotatable bonds is 3. The molecule has 3 aromatic rings. The molecule has 0 amide bonds. The van der Waals surface area contributed by atoms with Gasteiger partial charge in [0.05, 0.1) is 23.2 Å². The van der Waals surface area contributed by atoms with Gasteiger partial charge in [0.2, 0.25) is 0 Å². The van der Waals surface area contributed by atoms with Crippen molar-refractivity contribution in [3.05, 3.63) is 34.5 Å². The second kappa shape index (κ2) is 5.28. The number of nitrogens with one attached hydrogen (secondary N) is 1. The third-order valence-electron chi connectivity index (χ3n) is 2.94. The second-order valence-corrected chi connectivity index (χ2v) is 4.31. The van der Waals surface area contributed by atoms with Crippen LogP contribution in [0.15, 0.2) is 24.4 Å². The number of ether oxygens (including phenoxy) is 2. The number of fused-ring (bicyclic) bond motifs is 3. The van der Waals surface area contributed by atoms with Crippen LogP contribution < -0.4 is 4.74 Å². The summed E-state index contributed by atoms with van der Waals surface area (Å²) in [6, 6.07) is 4.19. The predicted octanol–water partition coefficient (Wildman–Crippen LogP) is 2.55. The van der Waals surface area contributed by atoms with Crippen LogP contribution in [0.25, 0.3) is 21.9 Å². The van der Waals surface area contributed by atoms with E-state index in [1.54, 1.807) is 13.0 Å². The molecule has 2 aromatic heterocycles. The molecule has 1 N–H and O–H groups in total. The first-order valence-corrected chi connectivity index (χ1v) is 6.36. The summed E-state index contributed by atoms with van der Waals surface area (Å²) in [5.41, 5.74) is 1.61. The SMILES string of the molecule is CCOC(=O)Oc1ncc2[nH]c3ccc([N+](=O)[O-])cc3c2n1. The van der Waals surface area contributed by atoms with Gasteiger partial charge in [-0.1, -0.05) is 0 Å². The van der Waals surface area contributed by atoms with Crippen molar-refractivity contribution in [3.63, 3.8) is 0 Å². The van der Waals surface area contributed by atoms with Gasteiger partial charge in [0.15, 0.2) is 0 Å². The summed E-state index contributed by atoms with van der Waals surface area (Å²) in [5, 5.41) is 11.4. The summed E-state index contributed by atoms with van der Waals surface area (Å²) in [6.45, 7) is 1.81. The Labute approximate surface area is 123 Å². The van der Waals surface area contributed by atoms with Crippen molar-refractivity contribution < 1.29 is 19.2 Å². The molecule has 9 heteroatoms. The summed E-state index contributed by atoms with van der Waals surface area (Å²) >= 11 is 0. The van der Waals surface area contributed by atoms with Gasteiger partial charge < -0.3 is 14.5 Å². The highest BCUT2D eigenvalue weighted by atomic mass is 16.7. The van der Waals surface area contributed by atoms with Gasteiger partial charge in [-0.25, -0.2) is 9.78 Å². The molecule has 3 rings (SSSR count). The number of aromatic nitrogens is 3. The molecule has 2 heterocycles. The van der Waals surface area contributed by atoms with Crippen LogP contribution in [0.5, 0.6) is 6.01 Å². The number of nitrogens with zero attached hydrogens (tertiary/aromatic N) is 3. The van der Waals surface area contributed by atoms with E-state index in [1.165, 1.54) is 18.3 Å². The van der Waals surface area contributed by atoms with Crippen molar-refractivity contribution in [1.82, 2.24) is 15.0 Å². The molecule has 0 fully saturated rings. The lowest BCUT2D eigenvalue weighted by atomic mass is 10.2. The molecule has 0 unspecified atom stereocenters. The fraction of sp³-hybridized carbons (Fsp3) is 0.154. The monoisotopic (exact) mass is 302 g/mol. The number of hydrogen-bond donors (Lipinski definition) is 1. The van der Waals surface area contributed by atoms with Gasteiger partial charge in [-0.05, 0) is 13.0 Å². The highest BCUT2D eigenvalue weighted by Crippen LogP contribution is 2.27. The van der Waals surface area contributed by atoms with E-state index in [0.29, 0.717) is 21.9 Å². The lowest BCUT2D eigenvalue weighted by Crippen LogP contribution is -2.11. The normalized spacial score (nSPS) is 10.8. The van der Waals surface area contributed by atoms with E-state index < -0.39 is 11.1 Å². The molecule has 9 nitrogen and oxygen atoms in total. The maximum absolute atomic E-state index is 11.3. The Morgan fingerprint density at radius 3 is 2.95 bits per heavy atom. The number of benzene rings is 1. The number of aromatic amines is 1. The van der Waals surface area contributed by atoms with Crippen LogP contribution in [0, 0.1) is 10.1 Å². The van der Waals surface area contributed by atoms with Crippen LogP contribution in [0.4, 0.5) is 10.5 Å². The van der Waals surface area contributed by atoms with Crippen LogP contribution in [0.3, 0.4) is 0 Å². The number of hydrogen-bond acceptors (Lipinski definition) is 7. The van der Waals surface area contributed by atoms with E-state index in [4.69, 9.17) is 4.74 Å². The van der Waals surface area contributed by atoms with Gasteiger partial charge in [-0.3, -0.25) is 10.1 Å². The largest absolute Gasteiger partial charge is 0.516 e. The predicted molar refractivity (Wildman–Crippen MR) is 75.7 cm³/mol. The third-order valence-corrected chi connectivity index (χ3v) is 2.94. The lowest BCUT2D eigenvalue weighted by molar-refractivity contribution is -0.384. The first-order valence-electron chi connectivity index (χ1n) is 6.36. The van der Waals surface area contributed by atoms with Crippen molar-refractivity contribution in [2.45, 2.75) is 6.92 Å². The lowest BCUT2D eigenvalue weighted by Gasteiger charge is -2.01. The van der Waals surface area contributed by atoms with Gasteiger partial charge in [0, 0.05) is 23.0 Å². The van der Waals surface area contributed by atoms with E-state index in [-0.39, 0.29) is 18.3 Å². The highest BCUT2D eigenvalue weighted by molar-refractivity contribution is 6.05. The summed E-state index contributed by atoms with van der Waals surface area (Å²) in [6.07, 6.45) is 0.524. The zero-order valence-corrected chi connectivity index (χ0v) is 11.4. The quantitative estimate of drug-likeness (QED) is 0.448. The number of nitro benzene ring substituents is 1. The molecule has 0 spiro atoms. The highest BCUT2D eigenvalue weighted by Gasteiger charge is 2.14. The Hall–Kier alpha value is -3.23. The van der Waals surface area contributed by atoms with Gasteiger partial charge in [-0.2, -0.15) is 4.98 Å². The Morgan fingerprint density at radius 1 is 1.41 bits per heavy atom. The fourth-order valence-electron chi connectivity index (χ4n) is 2.03. The maximum Gasteiger partial charge on any atom is 0.516 e. The van der Waals surface area contributed by atoms with Crippen molar-refractivity contribution in [3.8, 4) is 6.01 Å². The zero-order valence-electron chi connectivity index (χ0n) is 11.4. The molecule has 22 heavy (non-hydrogen) atoms. The topological polar surface area (TPSA) is 120 Å². The smallest absolute Gasteiger partial charge is 0.434 e. The summed E-state index contributed by atoms with van der Waals surface area (Å²) in [4.78, 5) is 32.7. The van der Waals surface area contributed by atoms with Gasteiger partial charge in [-0.15, -0.1) is 0 Å². The second-order valence-electron chi connectivity index (χ2n) is 4.31. The molecule has 0 saturated carbocycles. The minimum Gasteiger partial charge on any atom is -0.434 e. The van der Waals surface area contributed by atoms with Crippen LogP contribution in [-0.2, 0) is 4.74 Å². The minimum atomic E-state index is -0.910. The number of carbonyl (C=O) groups is 1. The minimum absolute atomic E-state index is 0.0557. The average Bonchev–Trinajstić information content (AvgIpc) is 2.84. The van der Waals surface area contributed by atoms with E-state index in [9.17, 15) is 14.9 Å². The maximum atomic E-state index is 11.3. The van der Waals surface area contributed by atoms with Crippen molar-refractivity contribution in [1.29, 1.82) is 0 Å². The number of nitro groups is 1. The molecule has 0 bridgehead atoms. The van der Waals surface area contributed by atoms with Crippen LogP contribution in [0.2, 0.25) is 0 Å². The van der Waals surface area contributed by atoms with Crippen molar-refractivity contribution in [2.24, 2.45) is 0 Å². The van der Waals surface area contributed by atoms with E-state index >= 15 is 0 Å². The van der Waals surface area contributed by atoms with Crippen molar-refractivity contribution in [2.75, 3.05) is 6.61 Å². The Kier molecular flexibility index (Phi) is 3.30. The van der Waals surface area contributed by atoms with Gasteiger partial charge in [0.25, 0.3) is 5.69 Å². The number of non-ortho nitro benzene ring substituents is 1. The molecule has 1 aromatic carbocycles. The third kappa shape index (κ3) is 2.39. The molecule has 0 aliphatic carbocycles. The Bertz CT molecular complexity index is 889. The molecule has 0 saturated heterocycles. The van der Waals surface area contributed by atoms with Crippen molar-refractivity contribution >= 4 is 33.8 Å². The summed E-state index contributed by atoms with van der Waals surface area (Å²) in [5.74, 6) is 0. The van der Waals surface area contributed by atoms with Crippen LogP contribution in [-0.4, -0.2) is 32.6 Å². The summed E-state index contributed by atoms with van der Waals surface area (Å²) < 4.78 is 9.47. The molecule has 0 atom stereocenters. The van der Waals surface area contributed by atoms with E-state index in [1.807, 2.05) is 0 Å². The van der Waals surface area contributed by atoms with Gasteiger partial charge >= 0.3 is 12.2 Å². The average molecular weight is 302 g/mol. The first kappa shape index (κ1) is 13.7. The Morgan fingerprint density at radius 2 is 2.23 bits per heavy atom. The molecule has 0 radical (unpaired) electrons. The zero-order chi connectivity index (χ0) is 15.7. The van der Waals surface area contributed by atoms with E-state index in [2.05, 4.69) is 19.7 Å². The van der Waals surface area contributed by atoms with E-state index in [0.717, 1.165) is 0 Å². The number of carbonyl (C=O) groups excluding carboxylic acids is 1. The fourth-order valence-corrected chi connectivity index (χ4v) is 2.03. The van der Waals surface area contributed by atoms with Gasteiger partial charge in [0.1, 0.15) is 5.52 Å².